The van der Waals surface area contributed by atoms with E-state index in [-0.39, 0.29) is 32.1 Å². The third kappa shape index (κ3) is 3.25. The molecule has 0 atom stereocenters. The zero-order valence-electron chi connectivity index (χ0n) is 14.1. The zero-order chi connectivity index (χ0) is 18.2. The van der Waals surface area contributed by atoms with Gasteiger partial charge in [-0.1, -0.05) is 12.7 Å². The maximum atomic E-state index is 13.5. The quantitative estimate of drug-likeness (QED) is 0.831. The molecule has 3 heterocycles. The molecule has 0 aromatic carbocycles. The molecule has 0 amide bonds. The number of nitrogens with zero attached hydrogens (tertiary/aromatic N) is 2. The molecular formula is C17H19F3N2O2S. The number of ether oxygens (including phenoxy) is 2. The molecule has 0 spiro atoms. The number of hydrogen-bond acceptors (Lipinski definition) is 5. The monoisotopic (exact) mass is 372 g/mol. The molecule has 0 radical (unpaired) electrons. The standard InChI is InChI=1S/C17H19F3N2O2S/c1-4-12-10(2)13-11(3)21-15(22-14(13)25-12)24-9-16(17(18,19)20)5-7-23-8-6-16/h4H,2,5-9H2,1,3H3/b12-4+. The first-order valence-electron chi connectivity index (χ1n) is 7.97. The van der Waals surface area contributed by atoms with Gasteiger partial charge in [0.15, 0.2) is 0 Å². The molecule has 0 saturated carbocycles. The molecule has 1 fully saturated rings. The molecule has 136 valence electrons. The number of aryl methyl sites for hydroxylation is 1. The average Bonchev–Trinajstić information content (AvgIpc) is 2.89. The highest BCUT2D eigenvalue weighted by molar-refractivity contribution is 7.16. The number of aromatic nitrogens is 2. The van der Waals surface area contributed by atoms with Crippen LogP contribution < -0.4 is 14.5 Å². The lowest BCUT2D eigenvalue weighted by atomic mass is 9.80. The highest BCUT2D eigenvalue weighted by Crippen LogP contribution is 2.46. The van der Waals surface area contributed by atoms with Crippen LogP contribution in [0.5, 0.6) is 6.01 Å². The second-order valence-electron chi connectivity index (χ2n) is 6.18. The normalized spacial score (nSPS) is 18.7. The van der Waals surface area contributed by atoms with E-state index in [1.807, 2.05) is 13.0 Å². The largest absolute Gasteiger partial charge is 0.462 e. The molecule has 0 aliphatic carbocycles. The van der Waals surface area contributed by atoms with Crippen LogP contribution in [0.4, 0.5) is 13.2 Å². The van der Waals surface area contributed by atoms with Gasteiger partial charge in [-0.15, -0.1) is 11.3 Å². The number of hydrogen-bond donors (Lipinski definition) is 0. The van der Waals surface area contributed by atoms with Crippen molar-refractivity contribution in [2.24, 2.45) is 5.41 Å². The number of halogens is 3. The summed E-state index contributed by atoms with van der Waals surface area (Å²) in [5, 5.41) is 1.67. The van der Waals surface area contributed by atoms with Gasteiger partial charge < -0.3 is 9.47 Å². The van der Waals surface area contributed by atoms with Gasteiger partial charge in [0.1, 0.15) is 16.9 Å². The van der Waals surface area contributed by atoms with E-state index >= 15 is 0 Å². The fourth-order valence-electron chi connectivity index (χ4n) is 3.00. The van der Waals surface area contributed by atoms with Crippen molar-refractivity contribution in [3.63, 3.8) is 0 Å². The molecule has 0 unspecified atom stereocenters. The molecule has 3 rings (SSSR count). The number of thiophene rings is 1. The minimum atomic E-state index is -4.36. The molecule has 1 aliphatic heterocycles. The Bertz CT molecular complexity index is 886. The first-order chi connectivity index (χ1) is 11.8. The van der Waals surface area contributed by atoms with Crippen LogP contribution in [0, 0.1) is 12.3 Å². The summed E-state index contributed by atoms with van der Waals surface area (Å²) in [5.74, 6) is 0. The average molecular weight is 372 g/mol. The lowest BCUT2D eigenvalue weighted by Crippen LogP contribution is -2.47. The van der Waals surface area contributed by atoms with Crippen LogP contribution in [-0.2, 0) is 4.74 Å². The van der Waals surface area contributed by atoms with Crippen LogP contribution in [-0.4, -0.2) is 36.0 Å². The van der Waals surface area contributed by atoms with E-state index in [2.05, 4.69) is 16.5 Å². The summed E-state index contributed by atoms with van der Waals surface area (Å²) in [6.45, 7) is 7.37. The molecule has 4 nitrogen and oxygen atoms in total. The predicted octanol–water partition coefficient (Wildman–Crippen LogP) is 2.95. The van der Waals surface area contributed by atoms with Crippen LogP contribution in [0.25, 0.3) is 22.9 Å². The summed E-state index contributed by atoms with van der Waals surface area (Å²) in [7, 11) is 0. The van der Waals surface area contributed by atoms with E-state index in [0.717, 1.165) is 15.1 Å². The first-order valence-corrected chi connectivity index (χ1v) is 8.79. The van der Waals surface area contributed by atoms with Gasteiger partial charge in [-0.25, -0.2) is 0 Å². The minimum Gasteiger partial charge on any atom is -0.462 e. The van der Waals surface area contributed by atoms with Gasteiger partial charge >= 0.3 is 12.2 Å². The molecule has 0 bridgehead atoms. The van der Waals surface area contributed by atoms with Crippen LogP contribution in [0.15, 0.2) is 0 Å². The van der Waals surface area contributed by atoms with Crippen LogP contribution in [0.2, 0.25) is 0 Å². The Morgan fingerprint density at radius 2 is 2.00 bits per heavy atom. The van der Waals surface area contributed by atoms with Crippen molar-refractivity contribution in [3.05, 3.63) is 15.4 Å². The fraction of sp³-hybridized carbons (Fsp3) is 0.529. The second-order valence-corrected chi connectivity index (χ2v) is 7.22. The van der Waals surface area contributed by atoms with E-state index in [0.29, 0.717) is 10.5 Å². The third-order valence-corrected chi connectivity index (χ3v) is 5.82. The number of fused-ring (bicyclic) bond motifs is 1. The highest BCUT2D eigenvalue weighted by Gasteiger charge is 2.56. The van der Waals surface area contributed by atoms with Gasteiger partial charge in [-0.3, -0.25) is 0 Å². The van der Waals surface area contributed by atoms with Crippen molar-refractivity contribution in [2.45, 2.75) is 32.9 Å². The van der Waals surface area contributed by atoms with Crippen molar-refractivity contribution in [3.8, 4) is 6.01 Å². The molecular weight excluding hydrogens is 353 g/mol. The first kappa shape index (κ1) is 18.1. The van der Waals surface area contributed by atoms with Gasteiger partial charge in [0.25, 0.3) is 0 Å². The summed E-state index contributed by atoms with van der Waals surface area (Å²) in [6.07, 6.45) is -2.66. The molecule has 0 N–H and O–H groups in total. The minimum absolute atomic E-state index is 0.0241. The maximum absolute atomic E-state index is 13.5. The van der Waals surface area contributed by atoms with E-state index in [9.17, 15) is 13.2 Å². The molecule has 25 heavy (non-hydrogen) atoms. The molecule has 1 aliphatic rings. The molecule has 8 heteroatoms. The summed E-state index contributed by atoms with van der Waals surface area (Å²) >= 11 is 1.43. The number of rotatable bonds is 3. The van der Waals surface area contributed by atoms with Gasteiger partial charge in [-0.05, 0) is 31.9 Å². The molecule has 2 aromatic rings. The van der Waals surface area contributed by atoms with E-state index in [1.165, 1.54) is 11.3 Å². The Labute approximate surface area is 147 Å². The van der Waals surface area contributed by atoms with Crippen LogP contribution in [0.3, 0.4) is 0 Å². The third-order valence-electron chi connectivity index (χ3n) is 4.63. The predicted molar refractivity (Wildman–Crippen MR) is 91.1 cm³/mol. The van der Waals surface area contributed by atoms with E-state index < -0.39 is 18.2 Å². The van der Waals surface area contributed by atoms with Gasteiger partial charge in [0.2, 0.25) is 0 Å². The van der Waals surface area contributed by atoms with Crippen LogP contribution in [0.1, 0.15) is 25.5 Å². The van der Waals surface area contributed by atoms with Gasteiger partial charge in [0, 0.05) is 23.1 Å². The summed E-state index contributed by atoms with van der Waals surface area (Å²) < 4.78 is 52.1. The number of alkyl halides is 3. The topological polar surface area (TPSA) is 44.2 Å². The molecule has 2 aromatic heterocycles. The highest BCUT2D eigenvalue weighted by atomic mass is 32.1. The van der Waals surface area contributed by atoms with Crippen molar-refractivity contribution >= 4 is 34.2 Å². The Kier molecular flexibility index (Phi) is 4.76. The van der Waals surface area contributed by atoms with Crippen molar-refractivity contribution in [1.29, 1.82) is 0 Å². The zero-order valence-corrected chi connectivity index (χ0v) is 14.9. The summed E-state index contributed by atoms with van der Waals surface area (Å²) in [6, 6.07) is -0.0241. The smallest absolute Gasteiger partial charge is 0.397 e. The van der Waals surface area contributed by atoms with E-state index in [1.54, 1.807) is 6.92 Å². The SMILES string of the molecule is C=c1/c(=C\C)sc2nc(OCC3(C(F)(F)F)CCOCC3)nc(C)c12. The van der Waals surface area contributed by atoms with Crippen LogP contribution >= 0.6 is 11.3 Å². The second kappa shape index (κ2) is 6.57. The maximum Gasteiger partial charge on any atom is 0.397 e. The van der Waals surface area contributed by atoms with E-state index in [4.69, 9.17) is 9.47 Å². The summed E-state index contributed by atoms with van der Waals surface area (Å²) in [5.41, 5.74) is -1.25. The van der Waals surface area contributed by atoms with Crippen molar-refractivity contribution in [1.82, 2.24) is 9.97 Å². The van der Waals surface area contributed by atoms with Crippen molar-refractivity contribution in [2.75, 3.05) is 19.8 Å². The molecule has 1 saturated heterocycles. The Morgan fingerprint density at radius 3 is 2.60 bits per heavy atom. The lowest BCUT2D eigenvalue weighted by Gasteiger charge is -2.37. The Balaban J connectivity index is 1.91. The van der Waals surface area contributed by atoms with Gasteiger partial charge in [0.05, 0.1) is 5.69 Å². The van der Waals surface area contributed by atoms with Crippen molar-refractivity contribution < 1.29 is 22.6 Å². The Hall–Kier alpha value is -1.67. The Morgan fingerprint density at radius 1 is 1.32 bits per heavy atom. The lowest BCUT2D eigenvalue weighted by molar-refractivity contribution is -0.254. The fourth-order valence-corrected chi connectivity index (χ4v) is 4.05. The summed E-state index contributed by atoms with van der Waals surface area (Å²) in [4.78, 5) is 9.19. The van der Waals surface area contributed by atoms with Gasteiger partial charge in [-0.2, -0.15) is 23.1 Å².